The van der Waals surface area contributed by atoms with Crippen molar-refractivity contribution in [2.24, 2.45) is 0 Å². The molecule has 0 aliphatic rings. The van der Waals surface area contributed by atoms with Gasteiger partial charge in [-0.25, -0.2) is 8.42 Å². The molecule has 1 aromatic rings. The number of sulfone groups is 1. The van der Waals surface area contributed by atoms with Crippen molar-refractivity contribution >= 4 is 25.8 Å². The van der Waals surface area contributed by atoms with E-state index in [0.717, 1.165) is 10.2 Å². The number of halogens is 1. The standard InChI is InChI=1S/C9H16BrN3O2S/c1-4-13-9(7(10)5-12-13)8(11-2)6-16(3,14)15/h5,8,11H,4,6H2,1-3H3. The van der Waals surface area contributed by atoms with Crippen LogP contribution in [0.15, 0.2) is 10.7 Å². The molecule has 1 heterocycles. The van der Waals surface area contributed by atoms with E-state index in [-0.39, 0.29) is 11.8 Å². The maximum atomic E-state index is 11.3. The van der Waals surface area contributed by atoms with Crippen LogP contribution in [-0.2, 0) is 16.4 Å². The van der Waals surface area contributed by atoms with Crippen molar-refractivity contribution in [2.75, 3.05) is 19.1 Å². The molecule has 1 aromatic heterocycles. The minimum absolute atomic E-state index is 0.0633. The molecule has 0 fully saturated rings. The van der Waals surface area contributed by atoms with Gasteiger partial charge in [-0.3, -0.25) is 4.68 Å². The molecule has 1 N–H and O–H groups in total. The first-order valence-corrected chi connectivity index (χ1v) is 7.80. The fraction of sp³-hybridized carbons (Fsp3) is 0.667. The predicted molar refractivity (Wildman–Crippen MR) is 67.1 cm³/mol. The van der Waals surface area contributed by atoms with Crippen LogP contribution in [0.2, 0.25) is 0 Å². The van der Waals surface area contributed by atoms with Crippen LogP contribution < -0.4 is 5.32 Å². The number of hydrogen-bond donors (Lipinski definition) is 1. The van der Waals surface area contributed by atoms with E-state index in [1.807, 2.05) is 6.92 Å². The van der Waals surface area contributed by atoms with Gasteiger partial charge in [-0.1, -0.05) is 0 Å². The van der Waals surface area contributed by atoms with Crippen LogP contribution in [0, 0.1) is 0 Å². The highest BCUT2D eigenvalue weighted by molar-refractivity contribution is 9.10. The second-order valence-corrected chi connectivity index (χ2v) is 6.67. The van der Waals surface area contributed by atoms with Crippen LogP contribution in [0.1, 0.15) is 18.7 Å². The highest BCUT2D eigenvalue weighted by Crippen LogP contribution is 2.24. The molecule has 1 rings (SSSR count). The molecule has 7 heteroatoms. The maximum Gasteiger partial charge on any atom is 0.149 e. The number of hydrogen-bond acceptors (Lipinski definition) is 4. The lowest BCUT2D eigenvalue weighted by molar-refractivity contribution is 0.532. The molecule has 0 aliphatic carbocycles. The molecule has 5 nitrogen and oxygen atoms in total. The highest BCUT2D eigenvalue weighted by Gasteiger charge is 2.21. The van der Waals surface area contributed by atoms with Crippen LogP contribution >= 0.6 is 15.9 Å². The minimum atomic E-state index is -3.03. The zero-order valence-corrected chi connectivity index (χ0v) is 12.0. The van der Waals surface area contributed by atoms with E-state index in [0.29, 0.717) is 6.54 Å². The topological polar surface area (TPSA) is 64.0 Å². The molecule has 0 saturated heterocycles. The van der Waals surface area contributed by atoms with Gasteiger partial charge in [0.15, 0.2) is 0 Å². The van der Waals surface area contributed by atoms with Gasteiger partial charge in [0.1, 0.15) is 9.84 Å². The van der Waals surface area contributed by atoms with E-state index in [1.54, 1.807) is 17.9 Å². The predicted octanol–water partition coefficient (Wildman–Crippen LogP) is 0.971. The third-order valence-corrected chi connectivity index (χ3v) is 3.83. The van der Waals surface area contributed by atoms with Crippen molar-refractivity contribution in [1.82, 2.24) is 15.1 Å². The summed E-state index contributed by atoms with van der Waals surface area (Å²) in [6.07, 6.45) is 2.92. The van der Waals surface area contributed by atoms with Crippen molar-refractivity contribution in [1.29, 1.82) is 0 Å². The van der Waals surface area contributed by atoms with Crippen molar-refractivity contribution in [3.05, 3.63) is 16.4 Å². The number of rotatable bonds is 5. The Balaban J connectivity index is 3.08. The average Bonchev–Trinajstić information content (AvgIpc) is 2.54. The smallest absolute Gasteiger partial charge is 0.149 e. The van der Waals surface area contributed by atoms with Crippen LogP contribution in [0.4, 0.5) is 0 Å². The lowest BCUT2D eigenvalue weighted by atomic mass is 10.2. The molecule has 0 spiro atoms. The summed E-state index contributed by atoms with van der Waals surface area (Å²) < 4.78 is 25.3. The summed E-state index contributed by atoms with van der Waals surface area (Å²) >= 11 is 3.39. The lowest BCUT2D eigenvalue weighted by Crippen LogP contribution is -2.27. The van der Waals surface area contributed by atoms with E-state index in [1.165, 1.54) is 6.26 Å². The van der Waals surface area contributed by atoms with Crippen molar-refractivity contribution < 1.29 is 8.42 Å². The Morgan fingerprint density at radius 1 is 1.62 bits per heavy atom. The van der Waals surface area contributed by atoms with Gasteiger partial charge in [0.2, 0.25) is 0 Å². The van der Waals surface area contributed by atoms with Crippen LogP contribution in [0.5, 0.6) is 0 Å². The molecule has 16 heavy (non-hydrogen) atoms. The summed E-state index contributed by atoms with van der Waals surface area (Å²) in [6.45, 7) is 2.68. The van der Waals surface area contributed by atoms with Crippen molar-refractivity contribution in [2.45, 2.75) is 19.5 Å². The average molecular weight is 310 g/mol. The van der Waals surface area contributed by atoms with E-state index in [2.05, 4.69) is 26.3 Å². The van der Waals surface area contributed by atoms with E-state index in [9.17, 15) is 8.42 Å². The molecule has 0 radical (unpaired) electrons. The van der Waals surface area contributed by atoms with E-state index in [4.69, 9.17) is 0 Å². The van der Waals surface area contributed by atoms with Gasteiger partial charge in [0, 0.05) is 12.8 Å². The first-order valence-electron chi connectivity index (χ1n) is 4.95. The summed E-state index contributed by atoms with van der Waals surface area (Å²) in [7, 11) is -1.28. The lowest BCUT2D eigenvalue weighted by Gasteiger charge is -2.17. The minimum Gasteiger partial charge on any atom is -0.311 e. The van der Waals surface area contributed by atoms with Gasteiger partial charge >= 0.3 is 0 Å². The summed E-state index contributed by atoms with van der Waals surface area (Å²) in [4.78, 5) is 0. The molecule has 0 saturated carbocycles. The summed E-state index contributed by atoms with van der Waals surface area (Å²) in [5.74, 6) is 0.0633. The monoisotopic (exact) mass is 309 g/mol. The zero-order chi connectivity index (χ0) is 12.3. The normalized spacial score (nSPS) is 14.0. The SMILES string of the molecule is CCn1ncc(Br)c1C(CS(C)(=O)=O)NC. The maximum absolute atomic E-state index is 11.3. The molecule has 0 amide bonds. The van der Waals surface area contributed by atoms with Crippen molar-refractivity contribution in [3.63, 3.8) is 0 Å². The Morgan fingerprint density at radius 2 is 2.25 bits per heavy atom. The second-order valence-electron chi connectivity index (χ2n) is 3.63. The third-order valence-electron chi connectivity index (χ3n) is 2.28. The van der Waals surface area contributed by atoms with Gasteiger partial charge in [0.05, 0.1) is 28.2 Å². The molecular weight excluding hydrogens is 294 g/mol. The quantitative estimate of drug-likeness (QED) is 0.880. The Hall–Kier alpha value is -0.400. The van der Waals surface area contributed by atoms with Gasteiger partial charge in [-0.05, 0) is 29.9 Å². The van der Waals surface area contributed by atoms with E-state index >= 15 is 0 Å². The third kappa shape index (κ3) is 3.29. The fourth-order valence-corrected chi connectivity index (χ4v) is 3.07. The van der Waals surface area contributed by atoms with Crippen LogP contribution in [0.3, 0.4) is 0 Å². The highest BCUT2D eigenvalue weighted by atomic mass is 79.9. The Bertz CT molecular complexity index is 455. The first-order chi connectivity index (χ1) is 7.39. The number of nitrogens with one attached hydrogen (secondary N) is 1. The van der Waals surface area contributed by atoms with Gasteiger partial charge in [-0.15, -0.1) is 0 Å². The largest absolute Gasteiger partial charge is 0.311 e. The molecule has 1 unspecified atom stereocenters. The fourth-order valence-electron chi connectivity index (χ4n) is 1.57. The Kier molecular flexibility index (Phi) is 4.52. The van der Waals surface area contributed by atoms with Crippen LogP contribution in [-0.4, -0.2) is 37.3 Å². The summed E-state index contributed by atoms with van der Waals surface area (Å²) in [6, 6.07) is -0.244. The Labute approximate surface area is 104 Å². The molecule has 0 bridgehead atoms. The molecule has 1 atom stereocenters. The molecule has 0 aliphatic heterocycles. The molecule has 92 valence electrons. The number of aromatic nitrogens is 2. The zero-order valence-electron chi connectivity index (χ0n) is 9.57. The number of aryl methyl sites for hydroxylation is 1. The second kappa shape index (κ2) is 5.29. The van der Waals surface area contributed by atoms with Gasteiger partial charge < -0.3 is 5.32 Å². The molecule has 0 aromatic carbocycles. The molecular formula is C9H16BrN3O2S. The van der Waals surface area contributed by atoms with E-state index < -0.39 is 9.84 Å². The van der Waals surface area contributed by atoms with Gasteiger partial charge in [-0.2, -0.15) is 5.10 Å². The van der Waals surface area contributed by atoms with Gasteiger partial charge in [0.25, 0.3) is 0 Å². The van der Waals surface area contributed by atoms with Crippen LogP contribution in [0.25, 0.3) is 0 Å². The number of nitrogens with zero attached hydrogens (tertiary/aromatic N) is 2. The van der Waals surface area contributed by atoms with Crippen molar-refractivity contribution in [3.8, 4) is 0 Å². The summed E-state index contributed by atoms with van der Waals surface area (Å²) in [5, 5.41) is 7.17. The summed E-state index contributed by atoms with van der Waals surface area (Å²) in [5.41, 5.74) is 0.871. The first kappa shape index (κ1) is 13.7. The Morgan fingerprint density at radius 3 is 2.69 bits per heavy atom.